The molecule has 0 unspecified atom stereocenters. The maximum absolute atomic E-state index is 8.88. The third kappa shape index (κ3) is 2.89. The van der Waals surface area contributed by atoms with Crippen molar-refractivity contribution >= 4 is 5.95 Å². The molecule has 1 N–H and O–H groups in total. The summed E-state index contributed by atoms with van der Waals surface area (Å²) in [7, 11) is 2.01. The molecule has 1 aromatic heterocycles. The van der Waals surface area contributed by atoms with Crippen molar-refractivity contribution in [2.75, 3.05) is 11.9 Å². The summed E-state index contributed by atoms with van der Waals surface area (Å²) in [5.41, 5.74) is 0.747. The van der Waals surface area contributed by atoms with Crippen molar-refractivity contribution in [1.29, 1.82) is 0 Å². The number of nitrogens with zero attached hydrogens (tertiary/aromatic N) is 3. The van der Waals surface area contributed by atoms with Crippen LogP contribution < -0.4 is 4.90 Å². The van der Waals surface area contributed by atoms with Crippen LogP contribution in [0, 0.1) is 0 Å². The van der Waals surface area contributed by atoms with Crippen molar-refractivity contribution in [2.45, 2.75) is 39.3 Å². The zero-order chi connectivity index (χ0) is 11.3. The molecule has 0 atom stereocenters. The van der Waals surface area contributed by atoms with Crippen LogP contribution in [0.1, 0.15) is 32.3 Å². The minimum absolute atomic E-state index is 0.00498. The van der Waals surface area contributed by atoms with Crippen LogP contribution in [0.15, 0.2) is 12.4 Å². The molecule has 0 aliphatic heterocycles. The summed E-state index contributed by atoms with van der Waals surface area (Å²) in [5, 5.41) is 8.88. The fraction of sp³-hybridized carbons (Fsp3) is 0.636. The smallest absolute Gasteiger partial charge is 0.225 e. The zero-order valence-corrected chi connectivity index (χ0v) is 9.64. The predicted molar refractivity (Wildman–Crippen MR) is 60.7 cm³/mol. The van der Waals surface area contributed by atoms with Gasteiger partial charge in [0.25, 0.3) is 0 Å². The number of aliphatic hydroxyl groups is 1. The highest BCUT2D eigenvalue weighted by Crippen LogP contribution is 2.13. The Balaban J connectivity index is 2.76. The van der Waals surface area contributed by atoms with Crippen LogP contribution in [0.3, 0.4) is 0 Å². The standard InChI is InChI=1S/C11H19N3O/c1-4-10(5-2)14(3)11-12-6-9(8-15)7-13-11/h6-7,10,15H,4-5,8H2,1-3H3. The van der Waals surface area contributed by atoms with Crippen LogP contribution >= 0.6 is 0 Å². The van der Waals surface area contributed by atoms with Crippen LogP contribution in [0.4, 0.5) is 5.95 Å². The lowest BCUT2D eigenvalue weighted by molar-refractivity contribution is 0.281. The monoisotopic (exact) mass is 209 g/mol. The van der Waals surface area contributed by atoms with Crippen molar-refractivity contribution in [3.8, 4) is 0 Å². The Morgan fingerprint density at radius 1 is 1.27 bits per heavy atom. The maximum Gasteiger partial charge on any atom is 0.225 e. The first kappa shape index (κ1) is 11.9. The van der Waals surface area contributed by atoms with Crippen molar-refractivity contribution in [3.63, 3.8) is 0 Å². The first-order chi connectivity index (χ1) is 7.22. The van der Waals surface area contributed by atoms with E-state index in [-0.39, 0.29) is 6.61 Å². The highest BCUT2D eigenvalue weighted by Gasteiger charge is 2.12. The molecule has 4 nitrogen and oxygen atoms in total. The van der Waals surface area contributed by atoms with Gasteiger partial charge in [0.1, 0.15) is 0 Å². The summed E-state index contributed by atoms with van der Waals surface area (Å²) in [4.78, 5) is 10.5. The Bertz CT molecular complexity index is 282. The molecule has 0 radical (unpaired) electrons. The number of aromatic nitrogens is 2. The second kappa shape index (κ2) is 5.66. The van der Waals surface area contributed by atoms with Crippen LogP contribution in [0.2, 0.25) is 0 Å². The molecule has 0 aliphatic rings. The van der Waals surface area contributed by atoms with Crippen LogP contribution in [0.25, 0.3) is 0 Å². The normalized spacial score (nSPS) is 10.7. The van der Waals surface area contributed by atoms with Crippen LogP contribution in [-0.4, -0.2) is 28.2 Å². The molecule has 15 heavy (non-hydrogen) atoms. The van der Waals surface area contributed by atoms with Gasteiger partial charge in [-0.05, 0) is 12.8 Å². The third-order valence-corrected chi connectivity index (χ3v) is 2.68. The first-order valence-electron chi connectivity index (χ1n) is 5.37. The van der Waals surface area contributed by atoms with Gasteiger partial charge in [-0.1, -0.05) is 13.8 Å². The van der Waals surface area contributed by atoms with E-state index in [0.717, 1.165) is 24.4 Å². The molecule has 0 saturated carbocycles. The molecule has 1 aromatic rings. The highest BCUT2D eigenvalue weighted by molar-refractivity contribution is 5.29. The van der Waals surface area contributed by atoms with Crippen LogP contribution in [-0.2, 0) is 6.61 Å². The molecule has 1 heterocycles. The molecular weight excluding hydrogens is 190 g/mol. The number of anilines is 1. The van der Waals surface area contributed by atoms with Gasteiger partial charge >= 0.3 is 0 Å². The van der Waals surface area contributed by atoms with Gasteiger partial charge in [-0.2, -0.15) is 0 Å². The van der Waals surface area contributed by atoms with Crippen molar-refractivity contribution in [2.24, 2.45) is 0 Å². The van der Waals surface area contributed by atoms with E-state index in [1.54, 1.807) is 12.4 Å². The third-order valence-electron chi connectivity index (χ3n) is 2.68. The second-order valence-corrected chi connectivity index (χ2v) is 3.63. The van der Waals surface area contributed by atoms with E-state index in [2.05, 4.69) is 28.7 Å². The van der Waals surface area contributed by atoms with Crippen molar-refractivity contribution in [1.82, 2.24) is 9.97 Å². The second-order valence-electron chi connectivity index (χ2n) is 3.63. The molecular formula is C11H19N3O. The van der Waals surface area contributed by atoms with Gasteiger partial charge in [0.2, 0.25) is 5.95 Å². The van der Waals surface area contributed by atoms with E-state index < -0.39 is 0 Å². The van der Waals surface area contributed by atoms with Crippen molar-refractivity contribution < 1.29 is 5.11 Å². The molecule has 0 bridgehead atoms. The van der Waals surface area contributed by atoms with Gasteiger partial charge in [-0.3, -0.25) is 0 Å². The summed E-state index contributed by atoms with van der Waals surface area (Å²) < 4.78 is 0. The van der Waals surface area contributed by atoms with E-state index in [1.165, 1.54) is 0 Å². The topological polar surface area (TPSA) is 49.2 Å². The first-order valence-corrected chi connectivity index (χ1v) is 5.37. The Kier molecular flexibility index (Phi) is 4.49. The highest BCUT2D eigenvalue weighted by atomic mass is 16.3. The number of rotatable bonds is 5. The number of hydrogen-bond donors (Lipinski definition) is 1. The van der Waals surface area contributed by atoms with E-state index in [0.29, 0.717) is 6.04 Å². The van der Waals surface area contributed by atoms with E-state index in [1.807, 2.05) is 7.05 Å². The van der Waals surface area contributed by atoms with Gasteiger partial charge < -0.3 is 10.0 Å². The minimum Gasteiger partial charge on any atom is -0.392 e. The van der Waals surface area contributed by atoms with Gasteiger partial charge in [0.15, 0.2) is 0 Å². The fourth-order valence-corrected chi connectivity index (χ4v) is 1.61. The summed E-state index contributed by atoms with van der Waals surface area (Å²) >= 11 is 0. The quantitative estimate of drug-likeness (QED) is 0.800. The van der Waals surface area contributed by atoms with Gasteiger partial charge in [0, 0.05) is 31.0 Å². The average Bonchev–Trinajstić information content (AvgIpc) is 2.30. The molecule has 0 aliphatic carbocycles. The molecule has 0 amide bonds. The minimum atomic E-state index is -0.00498. The molecule has 1 rings (SSSR count). The lowest BCUT2D eigenvalue weighted by Crippen LogP contribution is -2.31. The van der Waals surface area contributed by atoms with E-state index >= 15 is 0 Å². The largest absolute Gasteiger partial charge is 0.392 e. The van der Waals surface area contributed by atoms with Gasteiger partial charge in [-0.25, -0.2) is 9.97 Å². The maximum atomic E-state index is 8.88. The van der Waals surface area contributed by atoms with E-state index in [9.17, 15) is 0 Å². The summed E-state index contributed by atoms with van der Waals surface area (Å²) in [6, 6.07) is 0.477. The molecule has 4 heteroatoms. The summed E-state index contributed by atoms with van der Waals surface area (Å²) in [6.45, 7) is 4.31. The summed E-state index contributed by atoms with van der Waals surface area (Å²) in [6.07, 6.45) is 5.50. The number of hydrogen-bond acceptors (Lipinski definition) is 4. The van der Waals surface area contributed by atoms with Crippen LogP contribution in [0.5, 0.6) is 0 Å². The lowest BCUT2D eigenvalue weighted by atomic mass is 10.1. The molecule has 0 aromatic carbocycles. The SMILES string of the molecule is CCC(CC)N(C)c1ncc(CO)cn1. The molecule has 0 saturated heterocycles. The number of aliphatic hydroxyl groups excluding tert-OH is 1. The molecule has 0 fully saturated rings. The molecule has 84 valence electrons. The predicted octanol–water partition coefficient (Wildman–Crippen LogP) is 1.59. The Hall–Kier alpha value is -1.16. The van der Waals surface area contributed by atoms with E-state index in [4.69, 9.17) is 5.11 Å². The summed E-state index contributed by atoms with van der Waals surface area (Å²) in [5.74, 6) is 0.723. The zero-order valence-electron chi connectivity index (χ0n) is 9.64. The molecule has 0 spiro atoms. The van der Waals surface area contributed by atoms with Gasteiger partial charge in [-0.15, -0.1) is 0 Å². The van der Waals surface area contributed by atoms with Crippen molar-refractivity contribution in [3.05, 3.63) is 18.0 Å². The lowest BCUT2D eigenvalue weighted by Gasteiger charge is -2.26. The Morgan fingerprint density at radius 3 is 2.20 bits per heavy atom. The Morgan fingerprint density at radius 2 is 1.80 bits per heavy atom. The van der Waals surface area contributed by atoms with Gasteiger partial charge in [0.05, 0.1) is 6.61 Å². The Labute approximate surface area is 91.0 Å². The average molecular weight is 209 g/mol. The fourth-order valence-electron chi connectivity index (χ4n) is 1.61.